The minimum atomic E-state index is -3.36. The predicted octanol–water partition coefficient (Wildman–Crippen LogP) is 2.92. The van der Waals surface area contributed by atoms with E-state index in [9.17, 15) is 13.2 Å². The number of nitrogens with one attached hydrogen (secondary N) is 2. The predicted molar refractivity (Wildman–Crippen MR) is 125 cm³/mol. The molecule has 4 aromatic rings. The maximum absolute atomic E-state index is 13.1. The van der Waals surface area contributed by atoms with Crippen molar-refractivity contribution < 1.29 is 8.42 Å². The van der Waals surface area contributed by atoms with E-state index in [0.29, 0.717) is 42.0 Å². The highest BCUT2D eigenvalue weighted by molar-refractivity contribution is 7.92. The summed E-state index contributed by atoms with van der Waals surface area (Å²) in [6, 6.07) is 16.7. The second kappa shape index (κ2) is 7.76. The van der Waals surface area contributed by atoms with Gasteiger partial charge in [-0.15, -0.1) is 0 Å². The molecule has 0 aliphatic carbocycles. The van der Waals surface area contributed by atoms with Gasteiger partial charge in [-0.3, -0.25) is 19.5 Å². The minimum Gasteiger partial charge on any atom is -0.338 e. The molecule has 0 amide bonds. The van der Waals surface area contributed by atoms with Crippen LogP contribution in [-0.4, -0.2) is 36.2 Å². The molecular weight excluding hydrogens is 426 g/mol. The third-order valence-corrected chi connectivity index (χ3v) is 6.11. The Morgan fingerprint density at radius 2 is 1.91 bits per heavy atom. The van der Waals surface area contributed by atoms with Gasteiger partial charge in [-0.25, -0.2) is 13.4 Å². The van der Waals surface area contributed by atoms with Gasteiger partial charge in [0, 0.05) is 24.8 Å². The van der Waals surface area contributed by atoms with Gasteiger partial charge in [0.05, 0.1) is 28.5 Å². The SMILES string of the molecule is CS(=O)(=O)Nc1cccc2c1CCN(c1nc3cccc(-c4ccccn4)c3c(=O)[nH]1)C2. The van der Waals surface area contributed by atoms with Crippen LogP contribution in [0.15, 0.2) is 65.6 Å². The summed E-state index contributed by atoms with van der Waals surface area (Å²) in [5.41, 5.74) is 4.41. The monoisotopic (exact) mass is 447 g/mol. The van der Waals surface area contributed by atoms with E-state index in [1.807, 2.05) is 53.4 Å². The number of hydrogen-bond donors (Lipinski definition) is 2. The Kier molecular flexibility index (Phi) is 4.90. The van der Waals surface area contributed by atoms with Gasteiger partial charge in [-0.1, -0.05) is 30.3 Å². The lowest BCUT2D eigenvalue weighted by atomic mass is 9.98. The number of rotatable bonds is 4. The van der Waals surface area contributed by atoms with Gasteiger partial charge in [0.25, 0.3) is 5.56 Å². The molecule has 0 unspecified atom stereocenters. The maximum atomic E-state index is 13.1. The largest absolute Gasteiger partial charge is 0.338 e. The molecule has 2 aromatic carbocycles. The van der Waals surface area contributed by atoms with Crippen molar-refractivity contribution in [2.45, 2.75) is 13.0 Å². The molecule has 5 rings (SSSR count). The number of sulfonamides is 1. The number of H-pyrrole nitrogens is 1. The number of pyridine rings is 1. The van der Waals surface area contributed by atoms with E-state index in [0.717, 1.165) is 28.6 Å². The summed E-state index contributed by atoms with van der Waals surface area (Å²) in [4.78, 5) is 27.1. The summed E-state index contributed by atoms with van der Waals surface area (Å²) >= 11 is 0. The molecule has 0 atom stereocenters. The van der Waals surface area contributed by atoms with Crippen LogP contribution >= 0.6 is 0 Å². The first-order valence-corrected chi connectivity index (χ1v) is 12.1. The molecular formula is C23H21N5O3S. The second-order valence-electron chi connectivity index (χ2n) is 7.79. The highest BCUT2D eigenvalue weighted by Crippen LogP contribution is 2.29. The Morgan fingerprint density at radius 1 is 1.06 bits per heavy atom. The number of benzene rings is 2. The standard InChI is InChI=1S/C23H21N5O3S/c1-32(30,31)27-19-9-4-6-15-14-28(13-11-16(15)19)23-25-20-10-5-7-17(21(20)22(29)26-23)18-8-2-3-12-24-18/h2-10,12,27H,11,13-14H2,1H3,(H,25,26,29). The zero-order chi connectivity index (χ0) is 22.3. The van der Waals surface area contributed by atoms with Crippen LogP contribution in [-0.2, 0) is 23.0 Å². The van der Waals surface area contributed by atoms with Crippen molar-refractivity contribution in [1.29, 1.82) is 0 Å². The van der Waals surface area contributed by atoms with Crippen molar-refractivity contribution in [2.75, 3.05) is 22.4 Å². The highest BCUT2D eigenvalue weighted by Gasteiger charge is 2.22. The maximum Gasteiger partial charge on any atom is 0.260 e. The molecule has 162 valence electrons. The van der Waals surface area contributed by atoms with Gasteiger partial charge in [0.15, 0.2) is 0 Å². The summed E-state index contributed by atoms with van der Waals surface area (Å²) < 4.78 is 26.0. The number of hydrogen-bond acceptors (Lipinski definition) is 6. The van der Waals surface area contributed by atoms with E-state index in [1.54, 1.807) is 12.3 Å². The third kappa shape index (κ3) is 3.82. The molecule has 2 aromatic heterocycles. The zero-order valence-corrected chi connectivity index (χ0v) is 18.2. The topological polar surface area (TPSA) is 108 Å². The van der Waals surface area contributed by atoms with E-state index in [1.165, 1.54) is 0 Å². The Labute approximate surface area is 185 Å². The highest BCUT2D eigenvalue weighted by atomic mass is 32.2. The lowest BCUT2D eigenvalue weighted by Gasteiger charge is -2.30. The quantitative estimate of drug-likeness (QED) is 0.498. The second-order valence-corrected chi connectivity index (χ2v) is 9.54. The Hall–Kier alpha value is -3.72. The van der Waals surface area contributed by atoms with E-state index in [-0.39, 0.29) is 5.56 Å². The minimum absolute atomic E-state index is 0.218. The van der Waals surface area contributed by atoms with Crippen molar-refractivity contribution in [1.82, 2.24) is 15.0 Å². The average molecular weight is 448 g/mol. The molecule has 2 N–H and O–H groups in total. The number of anilines is 2. The number of nitrogens with zero attached hydrogens (tertiary/aromatic N) is 3. The molecule has 0 saturated carbocycles. The van der Waals surface area contributed by atoms with Crippen molar-refractivity contribution in [3.8, 4) is 11.3 Å². The molecule has 32 heavy (non-hydrogen) atoms. The van der Waals surface area contributed by atoms with Crippen LogP contribution in [0.1, 0.15) is 11.1 Å². The van der Waals surface area contributed by atoms with Gasteiger partial charge in [-0.05, 0) is 41.8 Å². The van der Waals surface area contributed by atoms with Crippen LogP contribution in [0.5, 0.6) is 0 Å². The van der Waals surface area contributed by atoms with Gasteiger partial charge in [0.2, 0.25) is 16.0 Å². The fraction of sp³-hybridized carbons (Fsp3) is 0.174. The van der Waals surface area contributed by atoms with Crippen LogP contribution in [0.2, 0.25) is 0 Å². The number of fused-ring (bicyclic) bond motifs is 2. The first-order valence-electron chi connectivity index (χ1n) is 10.2. The molecule has 0 bridgehead atoms. The van der Waals surface area contributed by atoms with Gasteiger partial charge in [-0.2, -0.15) is 0 Å². The first-order chi connectivity index (χ1) is 15.4. The third-order valence-electron chi connectivity index (χ3n) is 5.52. The molecule has 0 saturated heterocycles. The molecule has 8 nitrogen and oxygen atoms in total. The Morgan fingerprint density at radius 3 is 2.69 bits per heavy atom. The molecule has 0 radical (unpaired) electrons. The van der Waals surface area contributed by atoms with E-state index < -0.39 is 10.0 Å². The van der Waals surface area contributed by atoms with E-state index in [4.69, 9.17) is 4.98 Å². The van der Waals surface area contributed by atoms with Gasteiger partial charge >= 0.3 is 0 Å². The average Bonchev–Trinajstić information content (AvgIpc) is 2.78. The van der Waals surface area contributed by atoms with Gasteiger partial charge < -0.3 is 4.90 Å². The summed E-state index contributed by atoms with van der Waals surface area (Å²) in [6.45, 7) is 1.12. The van der Waals surface area contributed by atoms with Crippen LogP contribution in [0.25, 0.3) is 22.2 Å². The lowest BCUT2D eigenvalue weighted by Crippen LogP contribution is -2.33. The summed E-state index contributed by atoms with van der Waals surface area (Å²) in [5.74, 6) is 0.493. The normalized spacial score (nSPS) is 13.7. The molecule has 0 spiro atoms. The van der Waals surface area contributed by atoms with Crippen LogP contribution < -0.4 is 15.2 Å². The van der Waals surface area contributed by atoms with Gasteiger partial charge in [0.1, 0.15) is 0 Å². The molecule has 3 heterocycles. The molecule has 9 heteroatoms. The Balaban J connectivity index is 1.52. The van der Waals surface area contributed by atoms with E-state index >= 15 is 0 Å². The number of aromatic amines is 1. The fourth-order valence-corrected chi connectivity index (χ4v) is 4.74. The van der Waals surface area contributed by atoms with Crippen molar-refractivity contribution in [3.63, 3.8) is 0 Å². The van der Waals surface area contributed by atoms with Crippen molar-refractivity contribution in [2.24, 2.45) is 0 Å². The molecule has 1 aliphatic heterocycles. The lowest BCUT2D eigenvalue weighted by molar-refractivity contribution is 0.606. The van der Waals surface area contributed by atoms with E-state index in [2.05, 4.69) is 14.7 Å². The Bertz CT molecular complexity index is 1480. The van der Waals surface area contributed by atoms with Crippen molar-refractivity contribution >= 4 is 32.6 Å². The fourth-order valence-electron chi connectivity index (χ4n) is 4.15. The molecule has 1 aliphatic rings. The van der Waals surface area contributed by atoms with Crippen molar-refractivity contribution in [3.05, 3.63) is 82.3 Å². The smallest absolute Gasteiger partial charge is 0.260 e. The summed E-state index contributed by atoms with van der Waals surface area (Å²) in [7, 11) is -3.36. The zero-order valence-electron chi connectivity index (χ0n) is 17.4. The first kappa shape index (κ1) is 20.2. The van der Waals surface area contributed by atoms with Crippen LogP contribution in [0.3, 0.4) is 0 Å². The van der Waals surface area contributed by atoms with Crippen LogP contribution in [0.4, 0.5) is 11.6 Å². The molecule has 0 fully saturated rings. The number of aromatic nitrogens is 3. The summed E-state index contributed by atoms with van der Waals surface area (Å²) in [6.07, 6.45) is 3.47. The summed E-state index contributed by atoms with van der Waals surface area (Å²) in [5, 5.41) is 0.506. The van der Waals surface area contributed by atoms with Crippen LogP contribution in [0, 0.1) is 0 Å².